The molecule has 1 heterocycles. The van der Waals surface area contributed by atoms with E-state index in [1.165, 1.54) is 5.56 Å². The van der Waals surface area contributed by atoms with Gasteiger partial charge in [-0.25, -0.2) is 0 Å². The van der Waals surface area contributed by atoms with E-state index in [0.717, 1.165) is 17.8 Å². The minimum absolute atomic E-state index is 0.0249. The number of fused-ring (bicyclic) bond motifs is 1. The van der Waals surface area contributed by atoms with Gasteiger partial charge in [-0.1, -0.05) is 30.3 Å². The molecular formula is C17H15N3O. The minimum atomic E-state index is -0.272. The maximum absolute atomic E-state index is 12.1. The third-order valence-corrected chi connectivity index (χ3v) is 3.62. The van der Waals surface area contributed by atoms with Crippen molar-refractivity contribution in [3.8, 4) is 6.07 Å². The molecule has 1 amide bonds. The average Bonchev–Trinajstić information content (AvgIpc) is 2.53. The Hall–Kier alpha value is -2.80. The summed E-state index contributed by atoms with van der Waals surface area (Å²) in [5, 5.41) is 15.1. The van der Waals surface area contributed by atoms with Crippen LogP contribution in [-0.2, 0) is 11.2 Å². The van der Waals surface area contributed by atoms with Crippen molar-refractivity contribution in [3.63, 3.8) is 0 Å². The Kier molecular flexibility index (Phi) is 3.57. The third kappa shape index (κ3) is 2.87. The van der Waals surface area contributed by atoms with Crippen LogP contribution in [0.2, 0.25) is 0 Å². The maximum atomic E-state index is 12.1. The molecule has 2 aromatic carbocycles. The zero-order valence-corrected chi connectivity index (χ0v) is 11.5. The van der Waals surface area contributed by atoms with Crippen molar-refractivity contribution in [1.82, 2.24) is 0 Å². The second kappa shape index (κ2) is 5.68. The SMILES string of the molecule is N#Cc1ccc2c(c1)NC(CCc1ccccc1)C(=O)N2. The van der Waals surface area contributed by atoms with Gasteiger partial charge in [-0.05, 0) is 36.6 Å². The first-order chi connectivity index (χ1) is 10.3. The predicted molar refractivity (Wildman–Crippen MR) is 82.0 cm³/mol. The van der Waals surface area contributed by atoms with Crippen molar-refractivity contribution in [3.05, 3.63) is 59.7 Å². The molecule has 1 atom stereocenters. The first-order valence-corrected chi connectivity index (χ1v) is 6.92. The van der Waals surface area contributed by atoms with Gasteiger partial charge in [0, 0.05) is 0 Å². The Bertz CT molecular complexity index is 704. The highest BCUT2D eigenvalue weighted by Gasteiger charge is 2.25. The van der Waals surface area contributed by atoms with Crippen LogP contribution in [0.1, 0.15) is 17.5 Å². The number of nitriles is 1. The van der Waals surface area contributed by atoms with Crippen molar-refractivity contribution in [2.24, 2.45) is 0 Å². The minimum Gasteiger partial charge on any atom is -0.372 e. The molecule has 0 saturated carbocycles. The molecule has 0 aromatic heterocycles. The number of aryl methyl sites for hydroxylation is 1. The number of nitrogens with zero attached hydrogens (tertiary/aromatic N) is 1. The highest BCUT2D eigenvalue weighted by molar-refractivity contribution is 6.03. The Balaban J connectivity index is 1.73. The molecule has 2 aromatic rings. The highest BCUT2D eigenvalue weighted by Crippen LogP contribution is 2.28. The molecule has 4 heteroatoms. The van der Waals surface area contributed by atoms with Crippen LogP contribution in [0.5, 0.6) is 0 Å². The van der Waals surface area contributed by atoms with Gasteiger partial charge in [-0.3, -0.25) is 4.79 Å². The van der Waals surface area contributed by atoms with Gasteiger partial charge in [-0.15, -0.1) is 0 Å². The lowest BCUT2D eigenvalue weighted by atomic mass is 10.0. The summed E-state index contributed by atoms with van der Waals surface area (Å²) in [6.07, 6.45) is 1.55. The molecule has 21 heavy (non-hydrogen) atoms. The lowest BCUT2D eigenvalue weighted by Gasteiger charge is -2.27. The fourth-order valence-corrected chi connectivity index (χ4v) is 2.47. The number of carbonyl (C=O) groups is 1. The number of amides is 1. The molecule has 4 nitrogen and oxygen atoms in total. The molecule has 0 radical (unpaired) electrons. The summed E-state index contributed by atoms with van der Waals surface area (Å²) in [5.74, 6) is -0.0249. The summed E-state index contributed by atoms with van der Waals surface area (Å²) in [5.41, 5.74) is 3.34. The number of hydrogen-bond acceptors (Lipinski definition) is 3. The number of anilines is 2. The van der Waals surface area contributed by atoms with E-state index in [4.69, 9.17) is 5.26 Å². The summed E-state index contributed by atoms with van der Waals surface area (Å²) in [7, 11) is 0. The van der Waals surface area contributed by atoms with Crippen LogP contribution in [0.25, 0.3) is 0 Å². The number of rotatable bonds is 3. The van der Waals surface area contributed by atoms with Gasteiger partial charge in [0.25, 0.3) is 0 Å². The lowest BCUT2D eigenvalue weighted by Crippen LogP contribution is -2.39. The van der Waals surface area contributed by atoms with E-state index in [0.29, 0.717) is 12.0 Å². The Morgan fingerprint density at radius 1 is 1.10 bits per heavy atom. The maximum Gasteiger partial charge on any atom is 0.246 e. The molecule has 0 bridgehead atoms. The number of nitrogens with one attached hydrogen (secondary N) is 2. The normalized spacial score (nSPS) is 16.3. The fraction of sp³-hybridized carbons (Fsp3) is 0.176. The average molecular weight is 277 g/mol. The number of carbonyl (C=O) groups excluding carboxylic acids is 1. The van der Waals surface area contributed by atoms with Crippen molar-refractivity contribution >= 4 is 17.3 Å². The molecule has 3 rings (SSSR count). The van der Waals surface area contributed by atoms with Crippen molar-refractivity contribution < 1.29 is 4.79 Å². The summed E-state index contributed by atoms with van der Waals surface area (Å²) in [6, 6.07) is 17.2. The largest absolute Gasteiger partial charge is 0.372 e. The van der Waals surface area contributed by atoms with Crippen molar-refractivity contribution in [1.29, 1.82) is 5.26 Å². The summed E-state index contributed by atoms with van der Waals surface area (Å²) in [4.78, 5) is 12.1. The monoisotopic (exact) mass is 277 g/mol. The van der Waals surface area contributed by atoms with E-state index >= 15 is 0 Å². The first-order valence-electron chi connectivity index (χ1n) is 6.92. The molecule has 1 aliphatic heterocycles. The van der Waals surface area contributed by atoms with Crippen LogP contribution < -0.4 is 10.6 Å². The molecule has 0 aliphatic carbocycles. The van der Waals surface area contributed by atoms with E-state index in [2.05, 4.69) is 28.8 Å². The van der Waals surface area contributed by atoms with Crippen LogP contribution in [-0.4, -0.2) is 11.9 Å². The molecule has 0 saturated heterocycles. The van der Waals surface area contributed by atoms with Crippen LogP contribution in [0.4, 0.5) is 11.4 Å². The smallest absolute Gasteiger partial charge is 0.246 e. The van der Waals surface area contributed by atoms with E-state index in [1.807, 2.05) is 18.2 Å². The summed E-state index contributed by atoms with van der Waals surface area (Å²) < 4.78 is 0. The van der Waals surface area contributed by atoms with Gasteiger partial charge in [0.1, 0.15) is 6.04 Å². The van der Waals surface area contributed by atoms with Gasteiger partial charge >= 0.3 is 0 Å². The Morgan fingerprint density at radius 3 is 2.67 bits per heavy atom. The standard InChI is InChI=1S/C17H15N3O/c18-11-13-7-8-14-16(10-13)19-15(17(21)20-14)9-6-12-4-2-1-3-5-12/h1-5,7-8,10,15,19H,6,9H2,(H,20,21). The molecule has 2 N–H and O–H groups in total. The molecular weight excluding hydrogens is 262 g/mol. The van der Waals surface area contributed by atoms with E-state index in [-0.39, 0.29) is 11.9 Å². The van der Waals surface area contributed by atoms with Crippen LogP contribution in [0.15, 0.2) is 48.5 Å². The van der Waals surface area contributed by atoms with E-state index < -0.39 is 0 Å². The summed E-state index contributed by atoms with van der Waals surface area (Å²) >= 11 is 0. The van der Waals surface area contributed by atoms with Crippen LogP contribution >= 0.6 is 0 Å². The molecule has 1 aliphatic rings. The molecule has 0 spiro atoms. The Morgan fingerprint density at radius 2 is 1.90 bits per heavy atom. The highest BCUT2D eigenvalue weighted by atomic mass is 16.2. The van der Waals surface area contributed by atoms with Crippen molar-refractivity contribution in [2.75, 3.05) is 10.6 Å². The van der Waals surface area contributed by atoms with Gasteiger partial charge in [0.05, 0.1) is 23.0 Å². The van der Waals surface area contributed by atoms with Crippen LogP contribution in [0.3, 0.4) is 0 Å². The van der Waals surface area contributed by atoms with E-state index in [1.54, 1.807) is 18.2 Å². The summed E-state index contributed by atoms with van der Waals surface area (Å²) in [6.45, 7) is 0. The third-order valence-electron chi connectivity index (χ3n) is 3.62. The van der Waals surface area contributed by atoms with Gasteiger partial charge < -0.3 is 10.6 Å². The fourth-order valence-electron chi connectivity index (χ4n) is 2.47. The van der Waals surface area contributed by atoms with Crippen LogP contribution in [0, 0.1) is 11.3 Å². The van der Waals surface area contributed by atoms with Gasteiger partial charge in [0.2, 0.25) is 5.91 Å². The molecule has 104 valence electrons. The topological polar surface area (TPSA) is 64.9 Å². The zero-order chi connectivity index (χ0) is 14.7. The Labute approximate surface area is 123 Å². The lowest BCUT2D eigenvalue weighted by molar-refractivity contribution is -0.117. The van der Waals surface area contributed by atoms with E-state index in [9.17, 15) is 4.79 Å². The second-order valence-corrected chi connectivity index (χ2v) is 5.08. The predicted octanol–water partition coefficient (Wildman–Crippen LogP) is 2.92. The molecule has 0 fully saturated rings. The number of benzene rings is 2. The quantitative estimate of drug-likeness (QED) is 0.906. The van der Waals surface area contributed by atoms with Gasteiger partial charge in [0.15, 0.2) is 0 Å². The molecule has 1 unspecified atom stereocenters. The zero-order valence-electron chi connectivity index (χ0n) is 11.5. The second-order valence-electron chi connectivity index (χ2n) is 5.08. The van der Waals surface area contributed by atoms with Gasteiger partial charge in [-0.2, -0.15) is 5.26 Å². The first kappa shape index (κ1) is 13.2. The number of hydrogen-bond donors (Lipinski definition) is 2. The van der Waals surface area contributed by atoms with Crippen molar-refractivity contribution in [2.45, 2.75) is 18.9 Å².